The van der Waals surface area contributed by atoms with E-state index < -0.39 is 26.5 Å². The van der Waals surface area contributed by atoms with Crippen molar-refractivity contribution < 1.29 is 42.1 Å². The molecule has 0 aliphatic carbocycles. The lowest BCUT2D eigenvalue weighted by Crippen LogP contribution is -2.37. The minimum atomic E-state index is -4.37. The molecule has 0 aliphatic heterocycles. The molecule has 0 aromatic heterocycles. The van der Waals surface area contributed by atoms with Gasteiger partial charge in [-0.05, 0) is 25.7 Å². The summed E-state index contributed by atoms with van der Waals surface area (Å²) in [7, 11) is 1.49. The molecular formula is C50H99NO8P+. The van der Waals surface area contributed by atoms with E-state index in [1.165, 1.54) is 180 Å². The monoisotopic (exact) mass is 873 g/mol. The highest BCUT2D eigenvalue weighted by molar-refractivity contribution is 7.47. The van der Waals surface area contributed by atoms with Gasteiger partial charge in [-0.3, -0.25) is 18.6 Å². The predicted octanol–water partition coefficient (Wildman–Crippen LogP) is 14.9. The first-order valence-electron chi connectivity index (χ1n) is 25.4. The summed E-state index contributed by atoms with van der Waals surface area (Å²) >= 11 is 0. The van der Waals surface area contributed by atoms with Crippen LogP contribution in [0.25, 0.3) is 0 Å². The Bertz CT molecular complexity index is 1020. The number of phosphoric acid groups is 1. The lowest BCUT2D eigenvalue weighted by molar-refractivity contribution is -0.870. The zero-order valence-corrected chi connectivity index (χ0v) is 40.9. The number of carbonyl (C=O) groups is 2. The molecule has 60 heavy (non-hydrogen) atoms. The van der Waals surface area contributed by atoms with Crippen LogP contribution in [0.3, 0.4) is 0 Å². The van der Waals surface area contributed by atoms with Crippen molar-refractivity contribution >= 4 is 19.8 Å². The van der Waals surface area contributed by atoms with E-state index in [1.54, 1.807) is 0 Å². The van der Waals surface area contributed by atoms with Gasteiger partial charge in [-0.25, -0.2) is 4.57 Å². The molecule has 0 saturated carbocycles. The number of esters is 2. The van der Waals surface area contributed by atoms with E-state index in [2.05, 4.69) is 13.5 Å². The van der Waals surface area contributed by atoms with Gasteiger partial charge in [0.05, 0.1) is 27.7 Å². The van der Waals surface area contributed by atoms with E-state index in [0.29, 0.717) is 23.9 Å². The van der Waals surface area contributed by atoms with Gasteiger partial charge in [0, 0.05) is 12.8 Å². The van der Waals surface area contributed by atoms with Crippen LogP contribution in [0.5, 0.6) is 0 Å². The first kappa shape index (κ1) is 58.8. The second kappa shape index (κ2) is 43.0. The predicted molar refractivity (Wildman–Crippen MR) is 252 cm³/mol. The molecule has 356 valence electrons. The Morgan fingerprint density at radius 3 is 1.25 bits per heavy atom. The van der Waals surface area contributed by atoms with E-state index in [0.717, 1.165) is 38.5 Å². The largest absolute Gasteiger partial charge is 0.472 e. The van der Waals surface area contributed by atoms with E-state index in [1.807, 2.05) is 27.2 Å². The molecule has 10 heteroatoms. The van der Waals surface area contributed by atoms with Crippen LogP contribution in [0.4, 0.5) is 0 Å². The third kappa shape index (κ3) is 46.3. The van der Waals surface area contributed by atoms with Crippen molar-refractivity contribution in [2.45, 2.75) is 251 Å². The maximum absolute atomic E-state index is 12.7. The van der Waals surface area contributed by atoms with Gasteiger partial charge >= 0.3 is 19.8 Å². The first-order chi connectivity index (χ1) is 29.0. The van der Waals surface area contributed by atoms with Crippen LogP contribution in [-0.2, 0) is 32.7 Å². The fraction of sp³-hybridized carbons (Fsp3) is 0.920. The van der Waals surface area contributed by atoms with E-state index >= 15 is 0 Å². The molecule has 0 bridgehead atoms. The van der Waals surface area contributed by atoms with E-state index in [4.69, 9.17) is 18.5 Å². The maximum atomic E-state index is 12.7. The summed E-state index contributed by atoms with van der Waals surface area (Å²) in [5.41, 5.74) is 0. The molecule has 0 aliphatic rings. The van der Waals surface area contributed by atoms with Gasteiger partial charge in [0.1, 0.15) is 19.8 Å². The number of unbranched alkanes of at least 4 members (excludes halogenated alkanes) is 33. The molecule has 0 saturated heterocycles. The normalized spacial score (nSPS) is 13.3. The van der Waals surface area contributed by atoms with Gasteiger partial charge in [-0.2, -0.15) is 0 Å². The van der Waals surface area contributed by atoms with Gasteiger partial charge in [0.25, 0.3) is 0 Å². The average Bonchev–Trinajstić information content (AvgIpc) is 3.20. The van der Waals surface area contributed by atoms with Gasteiger partial charge < -0.3 is 18.9 Å². The zero-order valence-electron chi connectivity index (χ0n) is 40.1. The summed E-state index contributed by atoms with van der Waals surface area (Å²) in [5.74, 6) is -0.785. The van der Waals surface area contributed by atoms with Crippen LogP contribution in [0.1, 0.15) is 244 Å². The quantitative estimate of drug-likeness (QED) is 0.0212. The third-order valence-electron chi connectivity index (χ3n) is 11.4. The van der Waals surface area contributed by atoms with Crippen molar-refractivity contribution in [1.29, 1.82) is 0 Å². The molecule has 2 atom stereocenters. The number of carbonyl (C=O) groups excluding carboxylic acids is 2. The molecule has 0 heterocycles. The van der Waals surface area contributed by atoms with Crippen molar-refractivity contribution in [2.75, 3.05) is 47.5 Å². The number of quaternary nitrogens is 1. The van der Waals surface area contributed by atoms with Crippen molar-refractivity contribution in [3.63, 3.8) is 0 Å². The Kier molecular flexibility index (Phi) is 42.1. The topological polar surface area (TPSA) is 108 Å². The number of allylic oxidation sites excluding steroid dienone is 1. The smallest absolute Gasteiger partial charge is 0.462 e. The SMILES string of the molecule is C=CCCCCCCCCCCCCCCCC(=O)O[C@@H](COC(=O)CCCCCCCCCCCCCCCCCCCCCCC)COP(=O)(O)OCC[N+](C)(C)C. The van der Waals surface area contributed by atoms with Crippen molar-refractivity contribution in [2.24, 2.45) is 0 Å². The molecule has 9 nitrogen and oxygen atoms in total. The molecule has 0 spiro atoms. The second-order valence-electron chi connectivity index (χ2n) is 18.7. The standard InChI is InChI=1S/C50H98NO8P/c1-6-8-10-12-14-16-18-20-22-23-24-25-26-27-29-30-32-34-36-38-40-42-49(52)56-46-48(47-58-60(54,55)57-45-44-51(3,4)5)59-50(53)43-41-39-37-35-33-31-28-21-19-17-15-13-11-9-7-2/h7,48H,2,6,8-47H2,1,3-5H3/p+1/t48-/m0/s1. The highest BCUT2D eigenvalue weighted by Crippen LogP contribution is 2.43. The van der Waals surface area contributed by atoms with Crippen LogP contribution in [0.15, 0.2) is 12.7 Å². The molecular weight excluding hydrogens is 774 g/mol. The molecule has 0 aromatic rings. The minimum Gasteiger partial charge on any atom is -0.462 e. The Hall–Kier alpha value is -1.25. The van der Waals surface area contributed by atoms with Gasteiger partial charge in [0.15, 0.2) is 6.10 Å². The summed E-state index contributed by atoms with van der Waals surface area (Å²) in [6, 6.07) is 0. The van der Waals surface area contributed by atoms with E-state index in [9.17, 15) is 19.0 Å². The number of likely N-dealkylation sites (N-methyl/N-ethyl adjacent to an activating group) is 1. The Morgan fingerprint density at radius 1 is 0.533 bits per heavy atom. The summed E-state index contributed by atoms with van der Waals surface area (Å²) in [6.45, 7) is 6.00. The zero-order chi connectivity index (χ0) is 44.3. The summed E-state index contributed by atoms with van der Waals surface area (Å²) in [5, 5.41) is 0. The number of hydrogen-bond acceptors (Lipinski definition) is 7. The lowest BCUT2D eigenvalue weighted by Gasteiger charge is -2.24. The number of ether oxygens (including phenoxy) is 2. The highest BCUT2D eigenvalue weighted by Gasteiger charge is 2.27. The third-order valence-corrected chi connectivity index (χ3v) is 12.4. The van der Waals surface area contributed by atoms with Crippen molar-refractivity contribution in [1.82, 2.24) is 0 Å². The minimum absolute atomic E-state index is 0.0347. The van der Waals surface area contributed by atoms with Crippen LogP contribution >= 0.6 is 7.82 Å². The fourth-order valence-corrected chi connectivity index (χ4v) is 8.21. The molecule has 1 unspecified atom stereocenters. The van der Waals surface area contributed by atoms with Gasteiger partial charge in [0.2, 0.25) is 0 Å². The molecule has 0 rings (SSSR count). The molecule has 0 amide bonds. The van der Waals surface area contributed by atoms with E-state index in [-0.39, 0.29) is 25.6 Å². The van der Waals surface area contributed by atoms with Crippen LogP contribution in [0, 0.1) is 0 Å². The second-order valence-corrected chi connectivity index (χ2v) is 20.1. The van der Waals surface area contributed by atoms with Crippen LogP contribution < -0.4 is 0 Å². The molecule has 0 fully saturated rings. The van der Waals surface area contributed by atoms with Gasteiger partial charge in [-0.1, -0.05) is 212 Å². The first-order valence-corrected chi connectivity index (χ1v) is 26.9. The Balaban J connectivity index is 4.17. The number of phosphoric ester groups is 1. The Labute approximate surface area is 371 Å². The Morgan fingerprint density at radius 2 is 0.883 bits per heavy atom. The summed E-state index contributed by atoms with van der Waals surface area (Å²) in [6.07, 6.45) is 45.8. The highest BCUT2D eigenvalue weighted by atomic mass is 31.2. The number of nitrogens with zero attached hydrogens (tertiary/aromatic N) is 1. The molecule has 1 N–H and O–H groups in total. The summed E-state index contributed by atoms with van der Waals surface area (Å²) in [4.78, 5) is 35.5. The average molecular weight is 873 g/mol. The van der Waals surface area contributed by atoms with Gasteiger partial charge in [-0.15, -0.1) is 6.58 Å². The molecule has 0 radical (unpaired) electrons. The van der Waals surface area contributed by atoms with Crippen LogP contribution in [0.2, 0.25) is 0 Å². The number of rotatable bonds is 48. The molecule has 0 aromatic carbocycles. The maximum Gasteiger partial charge on any atom is 0.472 e. The van der Waals surface area contributed by atoms with Crippen molar-refractivity contribution in [3.05, 3.63) is 12.7 Å². The fourth-order valence-electron chi connectivity index (χ4n) is 7.47. The van der Waals surface area contributed by atoms with Crippen LogP contribution in [-0.4, -0.2) is 74.9 Å². The number of hydrogen-bond donors (Lipinski definition) is 1. The van der Waals surface area contributed by atoms with Crippen molar-refractivity contribution in [3.8, 4) is 0 Å². The summed E-state index contributed by atoms with van der Waals surface area (Å²) < 4.78 is 34.4. The lowest BCUT2D eigenvalue weighted by atomic mass is 10.0.